The Morgan fingerprint density at radius 2 is 1.96 bits per heavy atom. The minimum atomic E-state index is -4.37. The number of nitrogens with zero attached hydrogens (tertiary/aromatic N) is 3. The summed E-state index contributed by atoms with van der Waals surface area (Å²) in [7, 11) is 3.73. The van der Waals surface area contributed by atoms with Gasteiger partial charge in [0.05, 0.1) is 12.1 Å². The maximum atomic E-state index is 12.5. The highest BCUT2D eigenvalue weighted by Gasteiger charge is 2.30. The average molecular weight is 343 g/mol. The van der Waals surface area contributed by atoms with Crippen molar-refractivity contribution in [2.24, 2.45) is 7.05 Å². The van der Waals surface area contributed by atoms with E-state index < -0.39 is 17.8 Å². The van der Waals surface area contributed by atoms with Gasteiger partial charge in [0, 0.05) is 26.0 Å². The molecule has 0 saturated heterocycles. The van der Waals surface area contributed by atoms with Gasteiger partial charge in [-0.1, -0.05) is 0 Å². The number of hydrogen-bond acceptors (Lipinski definition) is 4. The molecule has 24 heavy (non-hydrogen) atoms. The third-order valence-electron chi connectivity index (χ3n) is 3.48. The molecule has 0 amide bonds. The number of hydrogen-bond donors (Lipinski definition) is 1. The first-order chi connectivity index (χ1) is 11.3. The molecule has 0 aliphatic rings. The number of aliphatic hydroxyl groups excluding tert-OH is 1. The van der Waals surface area contributed by atoms with Crippen molar-refractivity contribution in [3.63, 3.8) is 0 Å². The predicted octanol–water partition coefficient (Wildman–Crippen LogP) is 2.31. The lowest BCUT2D eigenvalue weighted by Crippen LogP contribution is -2.33. The van der Waals surface area contributed by atoms with Crippen molar-refractivity contribution >= 4 is 0 Å². The molecule has 0 unspecified atom stereocenters. The van der Waals surface area contributed by atoms with Crippen LogP contribution in [-0.4, -0.2) is 45.9 Å². The van der Waals surface area contributed by atoms with Crippen LogP contribution in [0.25, 0.3) is 0 Å². The molecule has 1 heterocycles. The molecule has 0 aliphatic heterocycles. The van der Waals surface area contributed by atoms with Gasteiger partial charge < -0.3 is 14.4 Å². The Hall–Kier alpha value is -2.06. The van der Waals surface area contributed by atoms with Crippen molar-refractivity contribution in [2.75, 3.05) is 20.2 Å². The minimum absolute atomic E-state index is 0.00370. The van der Waals surface area contributed by atoms with E-state index in [1.807, 2.05) is 29.8 Å². The maximum Gasteiger partial charge on any atom is 0.416 e. The van der Waals surface area contributed by atoms with E-state index in [0.29, 0.717) is 13.1 Å². The molecular formula is C16H20F3N3O2. The summed E-state index contributed by atoms with van der Waals surface area (Å²) in [5, 5.41) is 9.99. The molecular weight excluding hydrogens is 323 g/mol. The molecule has 0 aliphatic carbocycles. The standard InChI is InChI=1S/C16H20F3N3O2/c1-21(10-15-20-7-8-22(15)2)9-13(23)11-24-14-5-3-12(4-6-14)16(17,18)19/h3-8,13,23H,9-11H2,1-2H3/t13-/m0/s1. The van der Waals surface area contributed by atoms with Gasteiger partial charge in [0.2, 0.25) is 0 Å². The molecule has 0 spiro atoms. The second-order valence-corrected chi connectivity index (χ2v) is 5.64. The Morgan fingerprint density at radius 3 is 2.50 bits per heavy atom. The van der Waals surface area contributed by atoms with Gasteiger partial charge in [-0.3, -0.25) is 4.90 Å². The number of rotatable bonds is 7. The SMILES string of the molecule is CN(Cc1nccn1C)C[C@H](O)COc1ccc(C(F)(F)F)cc1. The number of benzene rings is 1. The molecule has 2 rings (SSSR count). The van der Waals surface area contributed by atoms with Gasteiger partial charge in [0.1, 0.15) is 24.3 Å². The first kappa shape index (κ1) is 18.3. The van der Waals surface area contributed by atoms with E-state index in [9.17, 15) is 18.3 Å². The van der Waals surface area contributed by atoms with Crippen LogP contribution in [0.4, 0.5) is 13.2 Å². The Balaban J connectivity index is 1.78. The van der Waals surface area contributed by atoms with Crippen LogP contribution >= 0.6 is 0 Å². The molecule has 2 aromatic rings. The number of likely N-dealkylation sites (N-methyl/N-ethyl adjacent to an activating group) is 1. The molecule has 1 atom stereocenters. The summed E-state index contributed by atoms with van der Waals surface area (Å²) in [4.78, 5) is 6.09. The molecule has 8 heteroatoms. The van der Waals surface area contributed by atoms with Crippen LogP contribution in [0.3, 0.4) is 0 Å². The van der Waals surface area contributed by atoms with Gasteiger partial charge in [-0.25, -0.2) is 4.98 Å². The number of imidazole rings is 1. The maximum absolute atomic E-state index is 12.5. The summed E-state index contributed by atoms with van der Waals surface area (Å²) in [6.45, 7) is 0.921. The van der Waals surface area contributed by atoms with Crippen LogP contribution < -0.4 is 4.74 Å². The molecule has 1 aromatic heterocycles. The van der Waals surface area contributed by atoms with Crippen molar-refractivity contribution in [1.29, 1.82) is 0 Å². The Labute approximate surface area is 138 Å². The molecule has 5 nitrogen and oxygen atoms in total. The Morgan fingerprint density at radius 1 is 1.29 bits per heavy atom. The Bertz CT molecular complexity index is 641. The first-order valence-electron chi connectivity index (χ1n) is 7.38. The van der Waals surface area contributed by atoms with Crippen LogP contribution in [0.2, 0.25) is 0 Å². The number of aliphatic hydroxyl groups is 1. The molecule has 1 N–H and O–H groups in total. The van der Waals surface area contributed by atoms with Gasteiger partial charge in [-0.15, -0.1) is 0 Å². The molecule has 0 saturated carbocycles. The average Bonchev–Trinajstić information content (AvgIpc) is 2.90. The highest BCUT2D eigenvalue weighted by Crippen LogP contribution is 2.30. The van der Waals surface area contributed by atoms with Gasteiger partial charge >= 0.3 is 6.18 Å². The largest absolute Gasteiger partial charge is 0.491 e. The summed E-state index contributed by atoms with van der Waals surface area (Å²) in [5.41, 5.74) is -0.731. The Kier molecular flexibility index (Phi) is 5.84. The number of halogens is 3. The van der Waals surface area contributed by atoms with Crippen LogP contribution in [0, 0.1) is 0 Å². The first-order valence-corrected chi connectivity index (χ1v) is 7.38. The predicted molar refractivity (Wildman–Crippen MR) is 82.5 cm³/mol. The van der Waals surface area contributed by atoms with E-state index in [4.69, 9.17) is 4.74 Å². The van der Waals surface area contributed by atoms with Crippen molar-refractivity contribution < 1.29 is 23.0 Å². The smallest absolute Gasteiger partial charge is 0.416 e. The van der Waals surface area contributed by atoms with Crippen LogP contribution in [0.15, 0.2) is 36.7 Å². The van der Waals surface area contributed by atoms with Crippen molar-refractivity contribution in [3.8, 4) is 5.75 Å². The summed E-state index contributed by atoms with van der Waals surface area (Å²) in [5.74, 6) is 1.15. The van der Waals surface area contributed by atoms with Crippen LogP contribution in [0.5, 0.6) is 5.75 Å². The van der Waals surface area contributed by atoms with Crippen LogP contribution in [0.1, 0.15) is 11.4 Å². The second-order valence-electron chi connectivity index (χ2n) is 5.64. The van der Waals surface area contributed by atoms with Crippen molar-refractivity contribution in [2.45, 2.75) is 18.8 Å². The summed E-state index contributed by atoms with van der Waals surface area (Å²) >= 11 is 0. The zero-order chi connectivity index (χ0) is 17.7. The van der Waals surface area contributed by atoms with E-state index in [1.165, 1.54) is 12.1 Å². The van der Waals surface area contributed by atoms with Gasteiger partial charge in [-0.05, 0) is 31.3 Å². The summed E-state index contributed by atoms with van der Waals surface area (Å²) in [6, 6.07) is 4.39. The number of aryl methyl sites for hydroxylation is 1. The quantitative estimate of drug-likeness (QED) is 0.838. The molecule has 0 radical (unpaired) electrons. The van der Waals surface area contributed by atoms with Crippen molar-refractivity contribution in [3.05, 3.63) is 48.0 Å². The fraction of sp³-hybridized carbons (Fsp3) is 0.438. The number of ether oxygens (including phenoxy) is 1. The number of aromatic nitrogens is 2. The number of alkyl halides is 3. The lowest BCUT2D eigenvalue weighted by atomic mass is 10.2. The minimum Gasteiger partial charge on any atom is -0.491 e. The zero-order valence-electron chi connectivity index (χ0n) is 13.5. The molecule has 1 aromatic carbocycles. The van der Waals surface area contributed by atoms with E-state index >= 15 is 0 Å². The van der Waals surface area contributed by atoms with Crippen molar-refractivity contribution in [1.82, 2.24) is 14.5 Å². The fourth-order valence-corrected chi connectivity index (χ4v) is 2.20. The summed E-state index contributed by atoms with van der Waals surface area (Å²) in [6.07, 6.45) is -1.59. The molecule has 132 valence electrons. The lowest BCUT2D eigenvalue weighted by Gasteiger charge is -2.20. The van der Waals surface area contributed by atoms with Gasteiger partial charge in [-0.2, -0.15) is 13.2 Å². The fourth-order valence-electron chi connectivity index (χ4n) is 2.20. The van der Waals surface area contributed by atoms with E-state index in [-0.39, 0.29) is 12.4 Å². The second kappa shape index (κ2) is 7.67. The normalized spacial score (nSPS) is 13.3. The summed E-state index contributed by atoms with van der Waals surface area (Å²) < 4.78 is 44.6. The molecule has 0 bridgehead atoms. The third-order valence-corrected chi connectivity index (χ3v) is 3.48. The van der Waals surface area contributed by atoms with E-state index in [0.717, 1.165) is 18.0 Å². The van der Waals surface area contributed by atoms with Crippen LogP contribution in [-0.2, 0) is 19.8 Å². The molecule has 0 fully saturated rings. The lowest BCUT2D eigenvalue weighted by molar-refractivity contribution is -0.137. The third kappa shape index (κ3) is 5.24. The van der Waals surface area contributed by atoms with Gasteiger partial charge in [0.25, 0.3) is 0 Å². The highest BCUT2D eigenvalue weighted by atomic mass is 19.4. The zero-order valence-corrected chi connectivity index (χ0v) is 13.5. The van der Waals surface area contributed by atoms with E-state index in [1.54, 1.807) is 6.20 Å². The highest BCUT2D eigenvalue weighted by molar-refractivity contribution is 5.28. The van der Waals surface area contributed by atoms with E-state index in [2.05, 4.69) is 4.98 Å². The van der Waals surface area contributed by atoms with Gasteiger partial charge in [0.15, 0.2) is 0 Å². The monoisotopic (exact) mass is 343 g/mol. The topological polar surface area (TPSA) is 50.5 Å².